The third-order valence-electron chi connectivity index (χ3n) is 4.12. The van der Waals surface area contributed by atoms with Crippen molar-refractivity contribution in [3.8, 4) is 0 Å². The quantitative estimate of drug-likeness (QED) is 0.771. The van der Waals surface area contributed by atoms with Gasteiger partial charge in [-0.25, -0.2) is 0 Å². The average molecular weight is 266 g/mol. The Morgan fingerprint density at radius 3 is 3.00 bits per heavy atom. The highest BCUT2D eigenvalue weighted by atomic mass is 35.5. The molecule has 1 saturated heterocycles. The predicted octanol–water partition coefficient (Wildman–Crippen LogP) is 3.27. The van der Waals surface area contributed by atoms with Crippen LogP contribution in [0.4, 0.5) is 0 Å². The van der Waals surface area contributed by atoms with Gasteiger partial charge in [-0.15, -0.1) is 0 Å². The fourth-order valence-corrected chi connectivity index (χ4v) is 3.15. The van der Waals surface area contributed by atoms with E-state index in [1.165, 1.54) is 6.42 Å². The Morgan fingerprint density at radius 2 is 2.33 bits per heavy atom. The van der Waals surface area contributed by atoms with Crippen molar-refractivity contribution in [3.63, 3.8) is 0 Å². The number of pyridine rings is 1. The molecule has 18 heavy (non-hydrogen) atoms. The molecule has 3 nitrogen and oxygen atoms in total. The van der Waals surface area contributed by atoms with E-state index >= 15 is 0 Å². The SMILES string of the molecule is O=C(c1ncccc1Cl)C1CCOC2(CCC2)C1. The second-order valence-electron chi connectivity index (χ2n) is 5.27. The summed E-state index contributed by atoms with van der Waals surface area (Å²) >= 11 is 6.04. The molecule has 1 aromatic heterocycles. The number of nitrogens with zero attached hydrogens (tertiary/aromatic N) is 1. The number of carbonyl (C=O) groups excluding carboxylic acids is 1. The zero-order valence-corrected chi connectivity index (χ0v) is 10.9. The lowest BCUT2D eigenvalue weighted by Gasteiger charge is -2.46. The van der Waals surface area contributed by atoms with Gasteiger partial charge in [-0.1, -0.05) is 11.6 Å². The lowest BCUT2D eigenvalue weighted by atomic mass is 9.71. The van der Waals surface area contributed by atoms with E-state index in [1.807, 2.05) is 0 Å². The predicted molar refractivity (Wildman–Crippen MR) is 68.8 cm³/mol. The van der Waals surface area contributed by atoms with Crippen molar-refractivity contribution in [2.75, 3.05) is 6.61 Å². The molecular formula is C14H16ClNO2. The number of ether oxygens (including phenoxy) is 1. The van der Waals surface area contributed by atoms with Gasteiger partial charge in [0.05, 0.1) is 10.6 Å². The van der Waals surface area contributed by atoms with E-state index in [4.69, 9.17) is 16.3 Å². The summed E-state index contributed by atoms with van der Waals surface area (Å²) in [6.07, 6.45) is 6.63. The first-order chi connectivity index (χ1) is 8.70. The molecule has 0 N–H and O–H groups in total. The molecule has 1 aliphatic carbocycles. The zero-order valence-electron chi connectivity index (χ0n) is 10.2. The zero-order chi connectivity index (χ0) is 12.6. The van der Waals surface area contributed by atoms with E-state index in [9.17, 15) is 4.79 Å². The summed E-state index contributed by atoms with van der Waals surface area (Å²) in [6, 6.07) is 3.47. The molecule has 1 aromatic rings. The van der Waals surface area contributed by atoms with Crippen molar-refractivity contribution in [2.45, 2.75) is 37.7 Å². The number of halogens is 1. The number of ketones is 1. The Kier molecular flexibility index (Phi) is 3.12. The second kappa shape index (κ2) is 4.63. The van der Waals surface area contributed by atoms with E-state index in [1.54, 1.807) is 18.3 Å². The Morgan fingerprint density at radius 1 is 1.50 bits per heavy atom. The van der Waals surface area contributed by atoms with Crippen LogP contribution in [0.15, 0.2) is 18.3 Å². The summed E-state index contributed by atoms with van der Waals surface area (Å²) in [5, 5.41) is 0.455. The van der Waals surface area contributed by atoms with Crippen LogP contribution in [0.25, 0.3) is 0 Å². The van der Waals surface area contributed by atoms with Crippen LogP contribution in [0.3, 0.4) is 0 Å². The molecule has 2 heterocycles. The van der Waals surface area contributed by atoms with Gasteiger partial charge in [-0.3, -0.25) is 9.78 Å². The largest absolute Gasteiger partial charge is 0.375 e. The molecule has 0 amide bonds. The van der Waals surface area contributed by atoms with Crippen molar-refractivity contribution >= 4 is 17.4 Å². The molecule has 4 heteroatoms. The van der Waals surface area contributed by atoms with E-state index in [0.29, 0.717) is 17.3 Å². The number of carbonyl (C=O) groups is 1. The highest BCUT2D eigenvalue weighted by Crippen LogP contribution is 2.45. The maximum atomic E-state index is 12.4. The van der Waals surface area contributed by atoms with Gasteiger partial charge in [-0.05, 0) is 44.2 Å². The maximum Gasteiger partial charge on any atom is 0.185 e. The van der Waals surface area contributed by atoms with Crippen molar-refractivity contribution in [1.82, 2.24) is 4.98 Å². The van der Waals surface area contributed by atoms with Crippen LogP contribution >= 0.6 is 11.6 Å². The van der Waals surface area contributed by atoms with Gasteiger partial charge < -0.3 is 4.74 Å². The number of hydrogen-bond donors (Lipinski definition) is 0. The van der Waals surface area contributed by atoms with E-state index in [2.05, 4.69) is 4.98 Å². The number of hydrogen-bond acceptors (Lipinski definition) is 3. The molecule has 0 aromatic carbocycles. The Labute approximate surface area is 112 Å². The van der Waals surface area contributed by atoms with Crippen molar-refractivity contribution in [2.24, 2.45) is 5.92 Å². The molecule has 96 valence electrons. The van der Waals surface area contributed by atoms with Crippen LogP contribution in [0, 0.1) is 5.92 Å². The summed E-state index contributed by atoms with van der Waals surface area (Å²) in [6.45, 7) is 0.681. The van der Waals surface area contributed by atoms with Gasteiger partial charge in [0, 0.05) is 18.7 Å². The van der Waals surface area contributed by atoms with E-state index in [-0.39, 0.29) is 17.3 Å². The van der Waals surface area contributed by atoms with Gasteiger partial charge in [0.15, 0.2) is 5.78 Å². The van der Waals surface area contributed by atoms with E-state index < -0.39 is 0 Å². The summed E-state index contributed by atoms with van der Waals surface area (Å²) in [4.78, 5) is 16.6. The number of rotatable bonds is 2. The van der Waals surface area contributed by atoms with E-state index in [0.717, 1.165) is 25.7 Å². The maximum absolute atomic E-state index is 12.4. The van der Waals surface area contributed by atoms with Crippen molar-refractivity contribution in [1.29, 1.82) is 0 Å². The molecule has 1 saturated carbocycles. The number of aromatic nitrogens is 1. The van der Waals surface area contributed by atoms with Gasteiger partial charge in [0.1, 0.15) is 5.69 Å². The second-order valence-corrected chi connectivity index (χ2v) is 5.68. The first-order valence-electron chi connectivity index (χ1n) is 6.49. The third kappa shape index (κ3) is 2.06. The molecule has 1 unspecified atom stereocenters. The molecule has 1 spiro atoms. The first kappa shape index (κ1) is 12.1. The summed E-state index contributed by atoms with van der Waals surface area (Å²) < 4.78 is 5.84. The summed E-state index contributed by atoms with van der Waals surface area (Å²) in [7, 11) is 0. The average Bonchev–Trinajstić information content (AvgIpc) is 2.37. The lowest BCUT2D eigenvalue weighted by molar-refractivity contribution is -0.137. The summed E-state index contributed by atoms with van der Waals surface area (Å²) in [5.41, 5.74) is 0.403. The smallest absolute Gasteiger partial charge is 0.185 e. The Bertz CT molecular complexity index is 471. The van der Waals surface area contributed by atoms with Crippen LogP contribution in [-0.4, -0.2) is 23.0 Å². The fourth-order valence-electron chi connectivity index (χ4n) is 2.93. The molecule has 2 aliphatic rings. The fraction of sp³-hybridized carbons (Fsp3) is 0.571. The molecule has 0 radical (unpaired) electrons. The lowest BCUT2D eigenvalue weighted by Crippen LogP contribution is -2.47. The highest BCUT2D eigenvalue weighted by Gasteiger charge is 2.44. The van der Waals surface area contributed by atoms with Gasteiger partial charge in [-0.2, -0.15) is 0 Å². The topological polar surface area (TPSA) is 39.2 Å². The molecule has 0 bridgehead atoms. The molecule has 2 fully saturated rings. The van der Waals surface area contributed by atoms with Crippen LogP contribution in [-0.2, 0) is 4.74 Å². The van der Waals surface area contributed by atoms with Crippen LogP contribution in [0.5, 0.6) is 0 Å². The monoisotopic (exact) mass is 265 g/mol. The van der Waals surface area contributed by atoms with Gasteiger partial charge in [0.25, 0.3) is 0 Å². The minimum Gasteiger partial charge on any atom is -0.375 e. The Balaban J connectivity index is 1.78. The van der Waals surface area contributed by atoms with Gasteiger partial charge >= 0.3 is 0 Å². The normalized spacial score (nSPS) is 25.7. The molecule has 1 atom stereocenters. The molecule has 3 rings (SSSR count). The summed E-state index contributed by atoms with van der Waals surface area (Å²) in [5.74, 6) is 0.0987. The molecular weight excluding hydrogens is 250 g/mol. The first-order valence-corrected chi connectivity index (χ1v) is 6.87. The highest BCUT2D eigenvalue weighted by molar-refractivity contribution is 6.33. The van der Waals surface area contributed by atoms with Crippen molar-refractivity contribution in [3.05, 3.63) is 29.0 Å². The molecule has 1 aliphatic heterocycles. The van der Waals surface area contributed by atoms with Gasteiger partial charge in [0.2, 0.25) is 0 Å². The van der Waals surface area contributed by atoms with Crippen LogP contribution < -0.4 is 0 Å². The van der Waals surface area contributed by atoms with Crippen LogP contribution in [0.1, 0.15) is 42.6 Å². The number of Topliss-reactive ketones (excluding diaryl/α,β-unsaturated/α-hetero) is 1. The minimum atomic E-state index is -0.0141. The van der Waals surface area contributed by atoms with Crippen molar-refractivity contribution < 1.29 is 9.53 Å². The van der Waals surface area contributed by atoms with Crippen LogP contribution in [0.2, 0.25) is 5.02 Å². The standard InChI is InChI=1S/C14H16ClNO2/c15-11-3-1-7-16-12(11)13(17)10-4-8-18-14(9-10)5-2-6-14/h1,3,7,10H,2,4-6,8-9H2. The minimum absolute atomic E-state index is 0.0141. The third-order valence-corrected chi connectivity index (χ3v) is 4.43. The Hall–Kier alpha value is -0.930.